The number of hydrogen-bond donors (Lipinski definition) is 1. The number of nitriles is 1. The first-order valence-corrected chi connectivity index (χ1v) is 9.73. The topological polar surface area (TPSA) is 118 Å². The first-order valence-electron chi connectivity index (χ1n) is 9.73. The molecule has 5 rings (SSSR count). The lowest BCUT2D eigenvalue weighted by atomic mass is 10.1. The van der Waals surface area contributed by atoms with Crippen LogP contribution in [0.1, 0.15) is 30.3 Å². The van der Waals surface area contributed by atoms with Crippen LogP contribution in [0.3, 0.4) is 0 Å². The van der Waals surface area contributed by atoms with Gasteiger partial charge in [0.2, 0.25) is 5.95 Å². The summed E-state index contributed by atoms with van der Waals surface area (Å²) in [6.45, 7) is 0.596. The van der Waals surface area contributed by atoms with E-state index in [1.165, 1.54) is 27.5 Å². The number of nitrogens with zero attached hydrogens (tertiary/aromatic N) is 7. The number of aromatic nitrogens is 5. The van der Waals surface area contributed by atoms with E-state index in [9.17, 15) is 14.4 Å². The molecule has 0 aliphatic carbocycles. The average molecular weight is 416 g/mol. The van der Waals surface area contributed by atoms with Gasteiger partial charge in [-0.05, 0) is 31.0 Å². The number of rotatable bonds is 3. The summed E-state index contributed by atoms with van der Waals surface area (Å²) in [7, 11) is 0. The molecular formula is C21H17FN8O. The maximum atomic E-state index is 14.3. The summed E-state index contributed by atoms with van der Waals surface area (Å²) in [5.74, 6) is 0.242. The molecule has 1 aliphatic heterocycles. The van der Waals surface area contributed by atoms with E-state index in [1.807, 2.05) is 11.0 Å². The molecule has 1 fully saturated rings. The largest absolute Gasteiger partial charge is 0.368 e. The summed E-state index contributed by atoms with van der Waals surface area (Å²) in [6.07, 6.45) is 4.27. The summed E-state index contributed by atoms with van der Waals surface area (Å²) in [4.78, 5) is 23.4. The minimum Gasteiger partial charge on any atom is -0.368 e. The van der Waals surface area contributed by atoms with E-state index in [0.29, 0.717) is 30.3 Å². The van der Waals surface area contributed by atoms with Gasteiger partial charge in [-0.25, -0.2) is 13.9 Å². The molecule has 4 aromatic rings. The van der Waals surface area contributed by atoms with E-state index in [4.69, 9.17) is 5.73 Å². The van der Waals surface area contributed by atoms with Gasteiger partial charge in [0.15, 0.2) is 23.0 Å². The Hall–Kier alpha value is -4.26. The number of halogens is 1. The lowest BCUT2D eigenvalue weighted by molar-refractivity contribution is 0.592. The van der Waals surface area contributed by atoms with E-state index in [0.717, 1.165) is 6.42 Å². The summed E-state index contributed by atoms with van der Waals surface area (Å²) in [6, 6.07) is 11.9. The van der Waals surface area contributed by atoms with Gasteiger partial charge in [-0.2, -0.15) is 15.3 Å². The Morgan fingerprint density at radius 1 is 1.23 bits per heavy atom. The lowest BCUT2D eigenvalue weighted by Gasteiger charge is -2.27. The molecule has 0 radical (unpaired) electrons. The molecule has 1 saturated heterocycles. The van der Waals surface area contributed by atoms with Crippen LogP contribution in [0.5, 0.6) is 0 Å². The van der Waals surface area contributed by atoms with Gasteiger partial charge in [-0.15, -0.1) is 0 Å². The van der Waals surface area contributed by atoms with Crippen molar-refractivity contribution in [2.75, 3.05) is 17.2 Å². The highest BCUT2D eigenvalue weighted by atomic mass is 19.1. The van der Waals surface area contributed by atoms with E-state index in [1.54, 1.807) is 24.3 Å². The van der Waals surface area contributed by atoms with Crippen molar-refractivity contribution in [1.82, 2.24) is 24.1 Å². The zero-order valence-corrected chi connectivity index (χ0v) is 16.3. The van der Waals surface area contributed by atoms with Crippen molar-refractivity contribution < 1.29 is 4.39 Å². The summed E-state index contributed by atoms with van der Waals surface area (Å²) in [5.41, 5.74) is 6.01. The summed E-state index contributed by atoms with van der Waals surface area (Å²) in [5, 5.41) is 14.1. The van der Waals surface area contributed by atoms with Gasteiger partial charge in [0.05, 0.1) is 17.9 Å². The van der Waals surface area contributed by atoms with Crippen LogP contribution in [0.25, 0.3) is 11.2 Å². The zero-order chi connectivity index (χ0) is 21.5. The maximum absolute atomic E-state index is 14.3. The first kappa shape index (κ1) is 18.7. The van der Waals surface area contributed by atoms with Crippen molar-refractivity contribution in [3.63, 3.8) is 0 Å². The number of nitrogens with two attached hydrogens (primary N) is 1. The quantitative estimate of drug-likeness (QED) is 0.544. The van der Waals surface area contributed by atoms with Gasteiger partial charge in [0.25, 0.3) is 5.56 Å². The van der Waals surface area contributed by atoms with Crippen molar-refractivity contribution in [2.45, 2.75) is 18.9 Å². The fourth-order valence-electron chi connectivity index (χ4n) is 4.06. The van der Waals surface area contributed by atoms with Gasteiger partial charge >= 0.3 is 0 Å². The van der Waals surface area contributed by atoms with Gasteiger partial charge in [-0.1, -0.05) is 18.2 Å². The van der Waals surface area contributed by atoms with E-state index < -0.39 is 11.4 Å². The first-order chi connectivity index (χ1) is 15.1. The zero-order valence-electron chi connectivity index (χ0n) is 16.3. The van der Waals surface area contributed by atoms with Crippen LogP contribution < -0.4 is 16.2 Å². The van der Waals surface area contributed by atoms with Crippen LogP contribution in [-0.2, 0) is 0 Å². The van der Waals surface area contributed by atoms with Gasteiger partial charge in [0, 0.05) is 12.7 Å². The number of anilines is 2. The van der Waals surface area contributed by atoms with Crippen LogP contribution in [0.2, 0.25) is 0 Å². The Kier molecular flexibility index (Phi) is 4.36. The molecule has 0 unspecified atom stereocenters. The molecule has 1 atom stereocenters. The molecule has 1 aromatic carbocycles. The number of benzene rings is 1. The molecule has 4 heterocycles. The molecule has 0 spiro atoms. The molecule has 0 amide bonds. The maximum Gasteiger partial charge on any atom is 0.285 e. The third-order valence-electron chi connectivity index (χ3n) is 5.41. The molecule has 3 aromatic heterocycles. The molecule has 2 N–H and O–H groups in total. The molecule has 9 nitrogen and oxygen atoms in total. The van der Waals surface area contributed by atoms with Crippen molar-refractivity contribution in [1.29, 1.82) is 5.26 Å². The summed E-state index contributed by atoms with van der Waals surface area (Å²) >= 11 is 0. The average Bonchev–Trinajstić information content (AvgIpc) is 3.41. The normalized spacial score (nSPS) is 16.0. The standard InChI is InChI=1S/C21H17FN8O/c22-15-8-10-29-17(15)20(31)30(14-5-2-1-3-6-14)19(27-29)16-7-4-9-28(16)18-13(11-23)12-25-21(24)26-18/h1-3,5-6,8,10,12,16H,4,7,9H2,(H2,24,25,26)/t16-/m0/s1. The second kappa shape index (κ2) is 7.21. The fourth-order valence-corrected chi connectivity index (χ4v) is 4.06. The Morgan fingerprint density at radius 2 is 2.03 bits per heavy atom. The SMILES string of the molecule is N#Cc1cnc(N)nc1N1CCC[C@H]1c1nn2ccc(F)c2c(=O)n1-c1ccccc1. The van der Waals surface area contributed by atoms with Crippen LogP contribution in [0, 0.1) is 17.1 Å². The number of para-hydroxylation sites is 1. The third kappa shape index (κ3) is 2.98. The van der Waals surface area contributed by atoms with Crippen molar-refractivity contribution in [2.24, 2.45) is 0 Å². The van der Waals surface area contributed by atoms with Crippen LogP contribution in [0.4, 0.5) is 16.2 Å². The third-order valence-corrected chi connectivity index (χ3v) is 5.41. The van der Waals surface area contributed by atoms with Crippen LogP contribution >= 0.6 is 0 Å². The molecule has 154 valence electrons. The highest BCUT2D eigenvalue weighted by Crippen LogP contribution is 2.36. The minimum atomic E-state index is -0.632. The highest BCUT2D eigenvalue weighted by molar-refractivity contribution is 5.57. The van der Waals surface area contributed by atoms with Crippen LogP contribution in [-0.4, -0.2) is 30.7 Å². The van der Waals surface area contributed by atoms with Crippen molar-refractivity contribution in [3.05, 3.63) is 76.4 Å². The second-order valence-electron chi connectivity index (χ2n) is 7.22. The van der Waals surface area contributed by atoms with Gasteiger partial charge in [-0.3, -0.25) is 9.36 Å². The van der Waals surface area contributed by atoms with E-state index >= 15 is 0 Å². The van der Waals surface area contributed by atoms with Crippen LogP contribution in [0.15, 0.2) is 53.6 Å². The Balaban J connectivity index is 1.76. The van der Waals surface area contributed by atoms with E-state index in [-0.39, 0.29) is 23.1 Å². The van der Waals surface area contributed by atoms with Gasteiger partial charge in [0.1, 0.15) is 11.6 Å². The fraction of sp³-hybridized carbons (Fsp3) is 0.190. The molecular weight excluding hydrogens is 399 g/mol. The van der Waals surface area contributed by atoms with Crippen molar-refractivity contribution in [3.8, 4) is 11.8 Å². The predicted molar refractivity (Wildman–Crippen MR) is 111 cm³/mol. The highest BCUT2D eigenvalue weighted by Gasteiger charge is 2.34. The smallest absolute Gasteiger partial charge is 0.285 e. The number of fused-ring (bicyclic) bond motifs is 1. The van der Waals surface area contributed by atoms with Gasteiger partial charge < -0.3 is 10.6 Å². The monoisotopic (exact) mass is 416 g/mol. The number of hydrogen-bond acceptors (Lipinski definition) is 7. The number of nitrogen functional groups attached to an aromatic ring is 1. The Bertz CT molecular complexity index is 1390. The van der Waals surface area contributed by atoms with E-state index in [2.05, 4.69) is 21.1 Å². The molecule has 0 saturated carbocycles. The predicted octanol–water partition coefficient (Wildman–Crippen LogP) is 2.21. The molecule has 1 aliphatic rings. The molecule has 10 heteroatoms. The minimum absolute atomic E-state index is 0.0518. The Labute approximate surface area is 175 Å². The second-order valence-corrected chi connectivity index (χ2v) is 7.22. The molecule has 31 heavy (non-hydrogen) atoms. The lowest BCUT2D eigenvalue weighted by Crippen LogP contribution is -2.33. The summed E-state index contributed by atoms with van der Waals surface area (Å²) < 4.78 is 17.0. The molecule has 0 bridgehead atoms. The van der Waals surface area contributed by atoms with Crippen molar-refractivity contribution >= 4 is 17.3 Å². The Morgan fingerprint density at radius 3 is 2.81 bits per heavy atom.